The van der Waals surface area contributed by atoms with Crippen molar-refractivity contribution in [2.24, 2.45) is 10.7 Å². The molecule has 0 aliphatic rings. The van der Waals surface area contributed by atoms with Gasteiger partial charge in [0.05, 0.1) is 18.7 Å². The number of hydrogen-bond donors (Lipinski definition) is 3. The Labute approximate surface area is 178 Å². The summed E-state index contributed by atoms with van der Waals surface area (Å²) in [6.45, 7) is 7.58. The van der Waals surface area contributed by atoms with E-state index in [9.17, 15) is 18.0 Å². The maximum atomic E-state index is 13.6. The monoisotopic (exact) mass is 440 g/mol. The van der Waals surface area contributed by atoms with Crippen LogP contribution >= 0.6 is 0 Å². The number of hydrogen-bond acceptors (Lipinski definition) is 4. The second-order valence-electron chi connectivity index (χ2n) is 7.71. The summed E-state index contributed by atoms with van der Waals surface area (Å²) in [5, 5.41) is 5.90. The van der Waals surface area contributed by atoms with Crippen LogP contribution in [0.2, 0.25) is 0 Å². The zero-order valence-corrected chi connectivity index (χ0v) is 17.9. The topological polar surface area (TPSA) is 102 Å². The molecule has 1 aromatic carbocycles. The predicted octanol–water partition coefficient (Wildman–Crippen LogP) is 3.83. The fraction of sp³-hybridized carbons (Fsp3) is 0.429. The number of alkyl halides is 3. The fourth-order valence-corrected chi connectivity index (χ4v) is 2.66. The van der Waals surface area contributed by atoms with Gasteiger partial charge in [0.2, 0.25) is 0 Å². The van der Waals surface area contributed by atoms with E-state index in [0.717, 1.165) is 6.07 Å². The number of carbonyl (C=O) groups is 1. The fourth-order valence-electron chi connectivity index (χ4n) is 2.66. The number of benzene rings is 1. The maximum absolute atomic E-state index is 13.6. The molecule has 170 valence electrons. The largest absolute Gasteiger partial charge is 0.488 e. The Morgan fingerprint density at radius 1 is 1.16 bits per heavy atom. The molecule has 10 heteroatoms. The number of nitrogens with zero attached hydrogens (tertiary/aromatic N) is 1. The third-order valence-electron chi connectivity index (χ3n) is 3.90. The third-order valence-corrected chi connectivity index (χ3v) is 3.90. The van der Waals surface area contributed by atoms with Crippen LogP contribution in [0, 0.1) is 0 Å². The molecule has 2 rings (SSSR count). The molecule has 2 aromatic rings. The molecule has 1 amide bonds. The number of nitrogens with one attached hydrogen (secondary N) is 2. The van der Waals surface area contributed by atoms with Crippen molar-refractivity contribution >= 4 is 11.9 Å². The van der Waals surface area contributed by atoms with Gasteiger partial charge in [0.15, 0.2) is 11.7 Å². The normalized spacial score (nSPS) is 12.5. The number of aliphatic imine (C=N–C) groups is 1. The molecule has 0 radical (unpaired) electrons. The van der Waals surface area contributed by atoms with Gasteiger partial charge in [-0.05, 0) is 57.5 Å². The van der Waals surface area contributed by atoms with Crippen molar-refractivity contribution < 1.29 is 27.1 Å². The van der Waals surface area contributed by atoms with E-state index in [1.807, 2.05) is 6.92 Å². The number of ether oxygens (including phenoxy) is 1. The summed E-state index contributed by atoms with van der Waals surface area (Å²) in [7, 11) is 0. The van der Waals surface area contributed by atoms with E-state index in [2.05, 4.69) is 15.6 Å². The lowest BCUT2D eigenvalue weighted by molar-refractivity contribution is -0.138. The predicted molar refractivity (Wildman–Crippen MR) is 111 cm³/mol. The second kappa shape index (κ2) is 9.76. The van der Waals surface area contributed by atoms with Crippen LogP contribution in [-0.4, -0.2) is 24.0 Å². The summed E-state index contributed by atoms with van der Waals surface area (Å²) >= 11 is 0. The van der Waals surface area contributed by atoms with E-state index >= 15 is 0 Å². The van der Waals surface area contributed by atoms with Crippen molar-refractivity contribution in [3.05, 3.63) is 53.0 Å². The van der Waals surface area contributed by atoms with Gasteiger partial charge in [-0.1, -0.05) is 6.07 Å². The first-order valence-corrected chi connectivity index (χ1v) is 9.69. The summed E-state index contributed by atoms with van der Waals surface area (Å²) in [6.07, 6.45) is -4.55. The minimum absolute atomic E-state index is 0.0139. The lowest BCUT2D eigenvalue weighted by Gasteiger charge is -2.22. The van der Waals surface area contributed by atoms with E-state index in [1.54, 1.807) is 26.8 Å². The Kier molecular flexibility index (Phi) is 7.59. The number of amides is 1. The number of nitrogens with two attached hydrogens (primary N) is 1. The van der Waals surface area contributed by atoms with E-state index in [4.69, 9.17) is 14.9 Å². The van der Waals surface area contributed by atoms with Crippen LogP contribution < -0.4 is 21.1 Å². The molecule has 0 aliphatic carbocycles. The van der Waals surface area contributed by atoms with Crippen molar-refractivity contribution in [3.63, 3.8) is 0 Å². The lowest BCUT2D eigenvalue weighted by atomic mass is 10.1. The number of rotatable bonds is 7. The standard InChI is InChI=1S/C21H27F3N4O3/c1-5-26-19(28-12-15-8-9-17(30-15)18(25)29)27-11-13-6-7-14(31-20(2,3)4)10-16(13)21(22,23)24/h6-10H,5,11-12H2,1-4H3,(H2,25,29)(H2,26,27,28). The van der Waals surface area contributed by atoms with E-state index in [1.165, 1.54) is 18.2 Å². The minimum Gasteiger partial charge on any atom is -0.488 e. The smallest absolute Gasteiger partial charge is 0.416 e. The van der Waals surface area contributed by atoms with Crippen LogP contribution in [0.15, 0.2) is 39.7 Å². The van der Waals surface area contributed by atoms with Crippen LogP contribution in [0.5, 0.6) is 5.75 Å². The average Bonchev–Trinajstić information content (AvgIpc) is 3.12. The summed E-state index contributed by atoms with van der Waals surface area (Å²) in [6, 6.07) is 6.87. The zero-order chi connectivity index (χ0) is 23.2. The van der Waals surface area contributed by atoms with Crippen LogP contribution in [0.4, 0.5) is 13.2 Å². The molecule has 0 saturated carbocycles. The molecular weight excluding hydrogens is 413 g/mol. The molecule has 7 nitrogen and oxygen atoms in total. The summed E-state index contributed by atoms with van der Waals surface area (Å²) in [4.78, 5) is 15.3. The van der Waals surface area contributed by atoms with Gasteiger partial charge in [-0.25, -0.2) is 4.99 Å². The number of halogens is 3. The van der Waals surface area contributed by atoms with Gasteiger partial charge in [-0.2, -0.15) is 13.2 Å². The summed E-state index contributed by atoms with van der Waals surface area (Å²) < 4.78 is 51.6. The minimum atomic E-state index is -4.55. The van der Waals surface area contributed by atoms with Gasteiger partial charge >= 0.3 is 6.18 Å². The van der Waals surface area contributed by atoms with Crippen LogP contribution in [-0.2, 0) is 19.3 Å². The number of primary amides is 1. The number of carbonyl (C=O) groups excluding carboxylic acids is 1. The Hall–Kier alpha value is -3.17. The Bertz CT molecular complexity index is 931. The van der Waals surface area contributed by atoms with Crippen LogP contribution in [0.25, 0.3) is 0 Å². The Morgan fingerprint density at radius 3 is 2.42 bits per heavy atom. The first-order chi connectivity index (χ1) is 14.4. The first-order valence-electron chi connectivity index (χ1n) is 9.69. The van der Waals surface area contributed by atoms with E-state index in [0.29, 0.717) is 18.3 Å². The van der Waals surface area contributed by atoms with Crippen molar-refractivity contribution in [2.45, 2.75) is 52.6 Å². The molecule has 0 unspecified atom stereocenters. The van der Waals surface area contributed by atoms with Gasteiger partial charge in [0.1, 0.15) is 17.1 Å². The number of furan rings is 1. The van der Waals surface area contributed by atoms with Gasteiger partial charge < -0.3 is 25.5 Å². The highest BCUT2D eigenvalue weighted by Gasteiger charge is 2.34. The van der Waals surface area contributed by atoms with Gasteiger partial charge in [0.25, 0.3) is 5.91 Å². The Balaban J connectivity index is 2.18. The molecule has 0 saturated heterocycles. The molecular formula is C21H27F3N4O3. The SMILES string of the molecule is CCNC(=NCc1ccc(OC(C)(C)C)cc1C(F)(F)F)NCc1ccc(C(N)=O)o1. The molecule has 0 bridgehead atoms. The first kappa shape index (κ1) is 24.1. The molecule has 4 N–H and O–H groups in total. The molecule has 1 heterocycles. The van der Waals surface area contributed by atoms with E-state index in [-0.39, 0.29) is 30.2 Å². The highest BCUT2D eigenvalue weighted by Crippen LogP contribution is 2.35. The highest BCUT2D eigenvalue weighted by molar-refractivity contribution is 5.89. The lowest BCUT2D eigenvalue weighted by Crippen LogP contribution is -2.36. The quantitative estimate of drug-likeness (QED) is 0.449. The van der Waals surface area contributed by atoms with Crippen LogP contribution in [0.1, 0.15) is 55.1 Å². The molecule has 0 aliphatic heterocycles. The van der Waals surface area contributed by atoms with Crippen molar-refractivity contribution in [2.75, 3.05) is 6.54 Å². The molecule has 0 atom stereocenters. The Morgan fingerprint density at radius 2 is 1.87 bits per heavy atom. The summed E-state index contributed by atoms with van der Waals surface area (Å²) in [5.74, 6) is 0.193. The van der Waals surface area contributed by atoms with Gasteiger partial charge in [-0.3, -0.25) is 4.79 Å². The second-order valence-corrected chi connectivity index (χ2v) is 7.71. The van der Waals surface area contributed by atoms with Crippen molar-refractivity contribution in [1.82, 2.24) is 10.6 Å². The molecule has 0 fully saturated rings. The van der Waals surface area contributed by atoms with Crippen LogP contribution in [0.3, 0.4) is 0 Å². The van der Waals surface area contributed by atoms with E-state index < -0.39 is 23.2 Å². The average molecular weight is 440 g/mol. The van der Waals surface area contributed by atoms with Gasteiger partial charge in [0, 0.05) is 6.54 Å². The third kappa shape index (κ3) is 7.54. The van der Waals surface area contributed by atoms with Gasteiger partial charge in [-0.15, -0.1) is 0 Å². The molecule has 31 heavy (non-hydrogen) atoms. The summed E-state index contributed by atoms with van der Waals surface area (Å²) in [5.41, 5.74) is 3.74. The highest BCUT2D eigenvalue weighted by atomic mass is 19.4. The molecule has 1 aromatic heterocycles. The molecule has 0 spiro atoms. The zero-order valence-electron chi connectivity index (χ0n) is 17.9. The maximum Gasteiger partial charge on any atom is 0.416 e. The van der Waals surface area contributed by atoms with Crippen molar-refractivity contribution in [1.29, 1.82) is 0 Å². The van der Waals surface area contributed by atoms with Crippen molar-refractivity contribution in [3.8, 4) is 5.75 Å². The number of guanidine groups is 1.